The molecule has 18 heavy (non-hydrogen) atoms. The maximum atomic E-state index is 11.2. The highest BCUT2D eigenvalue weighted by atomic mass is 35.5. The first kappa shape index (κ1) is 12.6. The molecule has 0 amide bonds. The average molecular weight is 262 g/mol. The summed E-state index contributed by atoms with van der Waals surface area (Å²) in [6.45, 7) is 2.12. The highest BCUT2D eigenvalue weighted by Gasteiger charge is 2.01. The van der Waals surface area contributed by atoms with Crippen LogP contribution >= 0.6 is 11.6 Å². The van der Waals surface area contributed by atoms with E-state index in [1.807, 2.05) is 24.3 Å². The van der Waals surface area contributed by atoms with E-state index >= 15 is 0 Å². The van der Waals surface area contributed by atoms with E-state index in [0.717, 1.165) is 10.9 Å². The Morgan fingerprint density at radius 2 is 2.22 bits per heavy atom. The lowest BCUT2D eigenvalue weighted by molar-refractivity contribution is -0.137. The van der Waals surface area contributed by atoms with E-state index in [1.54, 1.807) is 19.1 Å². The smallest absolute Gasteiger partial charge is 0.330 e. The number of para-hydroxylation sites is 1. The van der Waals surface area contributed by atoms with Crippen LogP contribution in [-0.4, -0.2) is 17.6 Å². The maximum Gasteiger partial charge on any atom is 0.330 e. The topological polar surface area (TPSA) is 39.2 Å². The predicted octanol–water partition coefficient (Wildman–Crippen LogP) is 3.46. The molecule has 0 radical (unpaired) electrons. The fraction of sp³-hybridized carbons (Fsp3) is 0.143. The zero-order valence-corrected chi connectivity index (χ0v) is 10.6. The molecule has 1 aromatic carbocycles. The average Bonchev–Trinajstić information content (AvgIpc) is 2.37. The maximum absolute atomic E-state index is 11.2. The third-order valence-corrected chi connectivity index (χ3v) is 2.67. The molecule has 3 nitrogen and oxygen atoms in total. The van der Waals surface area contributed by atoms with Crippen molar-refractivity contribution in [2.45, 2.75) is 6.92 Å². The van der Waals surface area contributed by atoms with Gasteiger partial charge in [-0.1, -0.05) is 29.8 Å². The van der Waals surface area contributed by atoms with Crippen LogP contribution in [0.3, 0.4) is 0 Å². The molecule has 1 aromatic heterocycles. The molecule has 0 aliphatic heterocycles. The molecule has 0 atom stereocenters. The summed E-state index contributed by atoms with van der Waals surface area (Å²) < 4.78 is 4.80. The van der Waals surface area contributed by atoms with Crippen molar-refractivity contribution in [3.05, 3.63) is 47.1 Å². The van der Waals surface area contributed by atoms with Gasteiger partial charge in [-0.2, -0.15) is 0 Å². The fourth-order valence-electron chi connectivity index (χ4n) is 1.56. The van der Waals surface area contributed by atoms with Gasteiger partial charge in [-0.05, 0) is 25.1 Å². The number of pyridine rings is 1. The third-order valence-electron chi connectivity index (χ3n) is 2.37. The molecule has 0 N–H and O–H groups in total. The van der Waals surface area contributed by atoms with Gasteiger partial charge in [-0.25, -0.2) is 9.78 Å². The van der Waals surface area contributed by atoms with E-state index in [-0.39, 0.29) is 5.97 Å². The molecule has 92 valence electrons. The van der Waals surface area contributed by atoms with Gasteiger partial charge in [0.15, 0.2) is 0 Å². The van der Waals surface area contributed by atoms with E-state index in [4.69, 9.17) is 16.3 Å². The van der Waals surface area contributed by atoms with Crippen LogP contribution in [0.2, 0.25) is 5.02 Å². The standard InChI is InChI=1S/C14H12ClNO2/c1-2-18-13(17)9-8-11-7-6-10-4-3-5-12(15)14(10)16-11/h3-9H,2H2,1H3. The minimum absolute atomic E-state index is 0.361. The number of nitrogens with zero attached hydrogens (tertiary/aromatic N) is 1. The van der Waals surface area contributed by atoms with Crippen molar-refractivity contribution < 1.29 is 9.53 Å². The molecule has 0 saturated heterocycles. The van der Waals surface area contributed by atoms with Crippen molar-refractivity contribution >= 4 is 34.5 Å². The lowest BCUT2D eigenvalue weighted by Gasteiger charge is -2.01. The minimum atomic E-state index is -0.376. The lowest BCUT2D eigenvalue weighted by Crippen LogP contribution is -1.98. The number of benzene rings is 1. The molecule has 1 heterocycles. The summed E-state index contributed by atoms with van der Waals surface area (Å²) in [7, 11) is 0. The molecule has 0 aliphatic carbocycles. The van der Waals surface area contributed by atoms with Crippen LogP contribution in [0.25, 0.3) is 17.0 Å². The summed E-state index contributed by atoms with van der Waals surface area (Å²) in [5.74, 6) is -0.376. The second-order valence-electron chi connectivity index (χ2n) is 3.63. The van der Waals surface area contributed by atoms with Crippen LogP contribution in [0.5, 0.6) is 0 Å². The van der Waals surface area contributed by atoms with Crippen LogP contribution in [0.1, 0.15) is 12.6 Å². The second-order valence-corrected chi connectivity index (χ2v) is 4.04. The SMILES string of the molecule is CCOC(=O)C=Cc1ccc2cccc(Cl)c2n1. The van der Waals surface area contributed by atoms with Crippen molar-refractivity contribution in [3.8, 4) is 0 Å². The molecule has 0 aliphatic rings. The van der Waals surface area contributed by atoms with Crippen LogP contribution in [0.15, 0.2) is 36.4 Å². The van der Waals surface area contributed by atoms with Gasteiger partial charge in [-0.15, -0.1) is 0 Å². The quantitative estimate of drug-likeness (QED) is 0.627. The van der Waals surface area contributed by atoms with Crippen LogP contribution in [0, 0.1) is 0 Å². The van der Waals surface area contributed by atoms with E-state index in [1.165, 1.54) is 6.08 Å². The number of fused-ring (bicyclic) bond motifs is 1. The third kappa shape index (κ3) is 2.87. The molecule has 2 rings (SSSR count). The normalized spacial score (nSPS) is 11.0. The number of hydrogen-bond acceptors (Lipinski definition) is 3. The Balaban J connectivity index is 2.30. The number of rotatable bonds is 3. The number of carbonyl (C=O) groups excluding carboxylic acids is 1. The highest BCUT2D eigenvalue weighted by molar-refractivity contribution is 6.35. The summed E-state index contributed by atoms with van der Waals surface area (Å²) in [5, 5.41) is 1.56. The molecule has 0 unspecified atom stereocenters. The second kappa shape index (κ2) is 5.65. The predicted molar refractivity (Wildman–Crippen MR) is 72.4 cm³/mol. The molecule has 4 heteroatoms. The first-order chi connectivity index (χ1) is 8.70. The van der Waals surface area contributed by atoms with Gasteiger partial charge in [0.1, 0.15) is 0 Å². The van der Waals surface area contributed by atoms with Gasteiger partial charge in [-0.3, -0.25) is 0 Å². The number of aromatic nitrogens is 1. The van der Waals surface area contributed by atoms with Crippen LogP contribution in [0.4, 0.5) is 0 Å². The number of carbonyl (C=O) groups is 1. The molecule has 0 saturated carbocycles. The van der Waals surface area contributed by atoms with E-state index < -0.39 is 0 Å². The van der Waals surface area contributed by atoms with Crippen molar-refractivity contribution in [2.75, 3.05) is 6.61 Å². The van der Waals surface area contributed by atoms with Gasteiger partial charge in [0.05, 0.1) is 22.8 Å². The largest absolute Gasteiger partial charge is 0.463 e. The van der Waals surface area contributed by atoms with Gasteiger partial charge < -0.3 is 4.74 Å². The van der Waals surface area contributed by atoms with Crippen molar-refractivity contribution in [1.29, 1.82) is 0 Å². The molecular weight excluding hydrogens is 250 g/mol. The van der Waals surface area contributed by atoms with Gasteiger partial charge in [0.2, 0.25) is 0 Å². The molecular formula is C14H12ClNO2. The summed E-state index contributed by atoms with van der Waals surface area (Å²) in [6, 6.07) is 9.34. The fourth-order valence-corrected chi connectivity index (χ4v) is 1.79. The monoisotopic (exact) mass is 261 g/mol. The number of halogens is 1. The first-order valence-corrected chi connectivity index (χ1v) is 5.98. The van der Waals surface area contributed by atoms with Gasteiger partial charge >= 0.3 is 5.97 Å². The Kier molecular flexibility index (Phi) is 3.95. The van der Waals surface area contributed by atoms with Crippen LogP contribution < -0.4 is 0 Å². The molecule has 0 fully saturated rings. The Hall–Kier alpha value is -1.87. The van der Waals surface area contributed by atoms with Crippen molar-refractivity contribution in [2.24, 2.45) is 0 Å². The Morgan fingerprint density at radius 3 is 3.00 bits per heavy atom. The van der Waals surface area contributed by atoms with Crippen molar-refractivity contribution in [3.63, 3.8) is 0 Å². The Bertz CT molecular complexity index is 608. The molecule has 0 bridgehead atoms. The lowest BCUT2D eigenvalue weighted by atomic mass is 10.2. The van der Waals surface area contributed by atoms with Gasteiger partial charge in [0.25, 0.3) is 0 Å². The zero-order chi connectivity index (χ0) is 13.0. The number of ether oxygens (including phenoxy) is 1. The zero-order valence-electron chi connectivity index (χ0n) is 9.89. The Labute approximate surface area is 110 Å². The van der Waals surface area contributed by atoms with Crippen LogP contribution in [-0.2, 0) is 9.53 Å². The van der Waals surface area contributed by atoms with Gasteiger partial charge in [0, 0.05) is 11.5 Å². The summed E-state index contributed by atoms with van der Waals surface area (Å²) >= 11 is 6.06. The number of esters is 1. The van der Waals surface area contributed by atoms with Crippen molar-refractivity contribution in [1.82, 2.24) is 4.98 Å². The van der Waals surface area contributed by atoms with E-state index in [2.05, 4.69) is 4.98 Å². The molecule has 0 spiro atoms. The van der Waals surface area contributed by atoms with E-state index in [9.17, 15) is 4.79 Å². The number of hydrogen-bond donors (Lipinski definition) is 0. The minimum Gasteiger partial charge on any atom is -0.463 e. The van der Waals surface area contributed by atoms with E-state index in [0.29, 0.717) is 17.3 Å². The summed E-state index contributed by atoms with van der Waals surface area (Å²) in [4.78, 5) is 15.6. The molecule has 2 aromatic rings. The Morgan fingerprint density at radius 1 is 1.39 bits per heavy atom. The highest BCUT2D eigenvalue weighted by Crippen LogP contribution is 2.21. The summed E-state index contributed by atoms with van der Waals surface area (Å²) in [6.07, 6.45) is 2.97. The summed E-state index contributed by atoms with van der Waals surface area (Å²) in [5.41, 5.74) is 1.40. The first-order valence-electron chi connectivity index (χ1n) is 5.61.